The number of hydrogen-bond acceptors (Lipinski definition) is 4. The van der Waals surface area contributed by atoms with Crippen LogP contribution in [-0.2, 0) is 6.42 Å². The Morgan fingerprint density at radius 1 is 1.40 bits per heavy atom. The van der Waals surface area contributed by atoms with Gasteiger partial charge in [-0.2, -0.15) is 5.26 Å². The van der Waals surface area contributed by atoms with Crippen molar-refractivity contribution in [3.8, 4) is 6.07 Å². The normalized spacial score (nSPS) is 17.4. The topological polar surface area (TPSA) is 76.3 Å². The molecule has 2 rings (SSSR count). The van der Waals surface area contributed by atoms with Crippen LogP contribution in [0.5, 0.6) is 0 Å². The fourth-order valence-electron chi connectivity index (χ4n) is 1.76. The minimum absolute atomic E-state index is 0.589. The van der Waals surface area contributed by atoms with Crippen LogP contribution in [0, 0.1) is 11.3 Å². The molecular weight excluding hydrogens is 192 g/mol. The van der Waals surface area contributed by atoms with Crippen LogP contribution in [0.3, 0.4) is 0 Å². The summed E-state index contributed by atoms with van der Waals surface area (Å²) in [4.78, 5) is 0. The summed E-state index contributed by atoms with van der Waals surface area (Å²) in [5.74, 6) is 0. The minimum Gasteiger partial charge on any atom is -0.385 e. The molecule has 0 aromatic heterocycles. The highest BCUT2D eigenvalue weighted by Crippen LogP contribution is 2.26. The van der Waals surface area contributed by atoms with Crippen LogP contribution < -0.4 is 5.32 Å². The molecule has 0 fully saturated rings. The number of benzene rings is 1. The summed E-state index contributed by atoms with van der Waals surface area (Å²) in [7, 11) is 0. The summed E-state index contributed by atoms with van der Waals surface area (Å²) in [5, 5.41) is 30.5. The maximum absolute atomic E-state index is 9.63. The van der Waals surface area contributed by atoms with Crippen molar-refractivity contribution in [1.82, 2.24) is 0 Å². The van der Waals surface area contributed by atoms with Gasteiger partial charge in [0.05, 0.1) is 6.07 Å². The van der Waals surface area contributed by atoms with E-state index in [2.05, 4.69) is 5.32 Å². The Bertz CT molecular complexity index is 412. The molecule has 0 saturated heterocycles. The Balaban J connectivity index is 2.27. The van der Waals surface area contributed by atoms with Gasteiger partial charge in [0, 0.05) is 12.2 Å². The molecule has 1 aliphatic heterocycles. The van der Waals surface area contributed by atoms with E-state index in [4.69, 9.17) is 5.26 Å². The fourth-order valence-corrected chi connectivity index (χ4v) is 1.76. The molecule has 0 aliphatic carbocycles. The van der Waals surface area contributed by atoms with Gasteiger partial charge >= 0.3 is 0 Å². The van der Waals surface area contributed by atoms with Crippen LogP contribution in [-0.4, -0.2) is 22.9 Å². The molecule has 0 bridgehead atoms. The van der Waals surface area contributed by atoms with Crippen molar-refractivity contribution in [2.75, 3.05) is 11.9 Å². The summed E-state index contributed by atoms with van der Waals surface area (Å²) in [6, 6.07) is 7.05. The van der Waals surface area contributed by atoms with E-state index in [0.29, 0.717) is 5.56 Å². The predicted molar refractivity (Wildman–Crippen MR) is 55.2 cm³/mol. The Morgan fingerprint density at radius 2 is 2.20 bits per heavy atom. The summed E-state index contributed by atoms with van der Waals surface area (Å²) in [6.45, 7) is 0.898. The van der Waals surface area contributed by atoms with Crippen molar-refractivity contribution in [1.29, 1.82) is 5.26 Å². The zero-order chi connectivity index (χ0) is 10.8. The predicted octanol–water partition coefficient (Wildman–Crippen LogP) is 0.572. The van der Waals surface area contributed by atoms with Crippen molar-refractivity contribution >= 4 is 5.69 Å². The quantitative estimate of drug-likeness (QED) is 0.616. The average Bonchev–Trinajstić information content (AvgIpc) is 2.73. The van der Waals surface area contributed by atoms with Gasteiger partial charge in [0.25, 0.3) is 0 Å². The molecule has 1 aromatic carbocycles. The Morgan fingerprint density at radius 3 is 2.93 bits per heavy atom. The molecule has 2 atom stereocenters. The van der Waals surface area contributed by atoms with Crippen LogP contribution in [0.2, 0.25) is 0 Å². The smallest absolute Gasteiger partial charge is 0.170 e. The number of hydrogen-bond donors (Lipinski definition) is 3. The van der Waals surface area contributed by atoms with Gasteiger partial charge in [0.15, 0.2) is 6.10 Å². The highest BCUT2D eigenvalue weighted by Gasteiger charge is 2.19. The third-order valence-corrected chi connectivity index (χ3v) is 2.61. The summed E-state index contributed by atoms with van der Waals surface area (Å²) in [5.41, 5.74) is 2.78. The first-order valence-corrected chi connectivity index (χ1v) is 4.85. The van der Waals surface area contributed by atoms with Crippen LogP contribution in [0.25, 0.3) is 0 Å². The maximum Gasteiger partial charge on any atom is 0.170 e. The lowest BCUT2D eigenvalue weighted by atomic mass is 10.0. The average molecular weight is 204 g/mol. The highest BCUT2D eigenvalue weighted by molar-refractivity contribution is 5.56. The molecule has 1 aliphatic rings. The first-order chi connectivity index (χ1) is 7.22. The molecular formula is C11H12N2O2. The van der Waals surface area contributed by atoms with Crippen LogP contribution in [0.4, 0.5) is 5.69 Å². The molecule has 0 radical (unpaired) electrons. The summed E-state index contributed by atoms with van der Waals surface area (Å²) in [6.07, 6.45) is -1.57. The molecule has 0 amide bonds. The van der Waals surface area contributed by atoms with Crippen molar-refractivity contribution < 1.29 is 10.2 Å². The number of aliphatic hydroxyl groups excluding tert-OH is 2. The van der Waals surface area contributed by atoms with E-state index < -0.39 is 12.2 Å². The third-order valence-electron chi connectivity index (χ3n) is 2.61. The van der Waals surface area contributed by atoms with Gasteiger partial charge in [-0.3, -0.25) is 0 Å². The number of nitrogens with one attached hydrogen (secondary N) is 1. The third kappa shape index (κ3) is 1.80. The Kier molecular flexibility index (Phi) is 2.58. The van der Waals surface area contributed by atoms with E-state index in [1.807, 2.05) is 12.1 Å². The van der Waals surface area contributed by atoms with Crippen molar-refractivity contribution in [3.63, 3.8) is 0 Å². The van der Waals surface area contributed by atoms with Gasteiger partial charge in [0.1, 0.15) is 6.10 Å². The number of aliphatic hydroxyl groups is 2. The monoisotopic (exact) mass is 204 g/mol. The van der Waals surface area contributed by atoms with E-state index in [9.17, 15) is 10.2 Å². The molecule has 0 spiro atoms. The second kappa shape index (κ2) is 3.89. The number of nitrogens with zero attached hydrogens (tertiary/aromatic N) is 1. The molecule has 4 heteroatoms. The van der Waals surface area contributed by atoms with Gasteiger partial charge in [-0.15, -0.1) is 0 Å². The second-order valence-electron chi connectivity index (χ2n) is 3.61. The van der Waals surface area contributed by atoms with Gasteiger partial charge in [-0.25, -0.2) is 0 Å². The van der Waals surface area contributed by atoms with E-state index >= 15 is 0 Å². The first-order valence-electron chi connectivity index (χ1n) is 4.85. The highest BCUT2D eigenvalue weighted by atomic mass is 16.3. The molecule has 0 saturated carbocycles. The number of rotatable bonds is 2. The zero-order valence-corrected chi connectivity index (χ0v) is 8.14. The maximum atomic E-state index is 9.63. The van der Waals surface area contributed by atoms with Crippen LogP contribution in [0.1, 0.15) is 17.2 Å². The SMILES string of the molecule is N#CC(O)C(O)c1ccc2c(c1)CCN2. The van der Waals surface area contributed by atoms with E-state index in [0.717, 1.165) is 24.2 Å². The van der Waals surface area contributed by atoms with Gasteiger partial charge in [-0.1, -0.05) is 12.1 Å². The second-order valence-corrected chi connectivity index (χ2v) is 3.61. The summed E-state index contributed by atoms with van der Waals surface area (Å²) >= 11 is 0. The molecule has 15 heavy (non-hydrogen) atoms. The summed E-state index contributed by atoms with van der Waals surface area (Å²) < 4.78 is 0. The van der Waals surface area contributed by atoms with E-state index in [-0.39, 0.29) is 0 Å². The Hall–Kier alpha value is -1.57. The van der Waals surface area contributed by atoms with Crippen molar-refractivity contribution in [2.24, 2.45) is 0 Å². The molecule has 1 heterocycles. The lowest BCUT2D eigenvalue weighted by molar-refractivity contribution is 0.0528. The van der Waals surface area contributed by atoms with Crippen molar-refractivity contribution in [3.05, 3.63) is 29.3 Å². The molecule has 4 nitrogen and oxygen atoms in total. The first kappa shape index (κ1) is 9.97. The fraction of sp³-hybridized carbons (Fsp3) is 0.364. The Labute approximate surface area is 87.8 Å². The van der Waals surface area contributed by atoms with Gasteiger partial charge in [0.2, 0.25) is 0 Å². The van der Waals surface area contributed by atoms with Gasteiger partial charge in [-0.05, 0) is 23.6 Å². The van der Waals surface area contributed by atoms with E-state index in [1.165, 1.54) is 0 Å². The molecule has 78 valence electrons. The van der Waals surface area contributed by atoms with Crippen LogP contribution >= 0.6 is 0 Å². The largest absolute Gasteiger partial charge is 0.385 e. The van der Waals surface area contributed by atoms with Crippen molar-refractivity contribution in [2.45, 2.75) is 18.6 Å². The van der Waals surface area contributed by atoms with Crippen LogP contribution in [0.15, 0.2) is 18.2 Å². The molecule has 1 aromatic rings. The number of fused-ring (bicyclic) bond motifs is 1. The minimum atomic E-state index is -1.36. The molecule has 3 N–H and O–H groups in total. The zero-order valence-electron chi connectivity index (χ0n) is 8.14. The number of nitriles is 1. The lowest BCUT2D eigenvalue weighted by Crippen LogP contribution is -2.15. The van der Waals surface area contributed by atoms with Gasteiger partial charge < -0.3 is 15.5 Å². The standard InChI is InChI=1S/C11H12N2O2/c12-6-10(14)11(15)8-1-2-9-7(5-8)3-4-13-9/h1-2,5,10-11,13-15H,3-4H2. The molecule has 2 unspecified atom stereocenters. The lowest BCUT2D eigenvalue weighted by Gasteiger charge is -2.13. The number of anilines is 1. The van der Waals surface area contributed by atoms with E-state index in [1.54, 1.807) is 12.1 Å².